The third-order valence-corrected chi connectivity index (χ3v) is 2.96. The number of rotatable bonds is 3. The summed E-state index contributed by atoms with van der Waals surface area (Å²) >= 11 is 0. The zero-order valence-corrected chi connectivity index (χ0v) is 10.1. The summed E-state index contributed by atoms with van der Waals surface area (Å²) in [6, 6.07) is 1.66. The molecule has 0 spiro atoms. The van der Waals surface area contributed by atoms with E-state index < -0.39 is 0 Å². The van der Waals surface area contributed by atoms with Gasteiger partial charge in [0.05, 0.1) is 0 Å². The highest BCUT2D eigenvalue weighted by Crippen LogP contribution is 2.13. The van der Waals surface area contributed by atoms with Gasteiger partial charge in [-0.05, 0) is 12.8 Å². The number of carbonyl (C=O) groups excluding carboxylic acids is 1. The molecule has 1 saturated heterocycles. The van der Waals surface area contributed by atoms with Crippen LogP contribution in [0, 0.1) is 0 Å². The first kappa shape index (κ1) is 12.1. The van der Waals surface area contributed by atoms with Crippen molar-refractivity contribution in [1.29, 1.82) is 0 Å². The van der Waals surface area contributed by atoms with Crippen LogP contribution < -0.4 is 0 Å². The molecule has 0 radical (unpaired) electrons. The van der Waals surface area contributed by atoms with Gasteiger partial charge in [0.15, 0.2) is 11.5 Å². The van der Waals surface area contributed by atoms with Crippen LogP contribution in [0.3, 0.4) is 0 Å². The molecule has 17 heavy (non-hydrogen) atoms. The molecule has 5 heteroatoms. The van der Waals surface area contributed by atoms with Gasteiger partial charge in [0.1, 0.15) is 6.61 Å². The summed E-state index contributed by atoms with van der Waals surface area (Å²) in [6.45, 7) is 2.00. The Hall–Kier alpha value is -1.36. The van der Waals surface area contributed by atoms with Crippen LogP contribution >= 0.6 is 0 Å². The lowest BCUT2D eigenvalue weighted by molar-refractivity contribution is 0.0750. The number of likely N-dealkylation sites (tertiary alicyclic amines) is 1. The van der Waals surface area contributed by atoms with E-state index in [9.17, 15) is 4.79 Å². The van der Waals surface area contributed by atoms with Crippen LogP contribution in [0.2, 0.25) is 0 Å². The molecule has 0 saturated carbocycles. The van der Waals surface area contributed by atoms with Crippen LogP contribution in [0.25, 0.3) is 0 Å². The van der Waals surface area contributed by atoms with Crippen LogP contribution in [-0.2, 0) is 11.3 Å². The van der Waals surface area contributed by atoms with Crippen molar-refractivity contribution in [3.63, 3.8) is 0 Å². The van der Waals surface area contributed by atoms with E-state index in [4.69, 9.17) is 9.26 Å². The maximum absolute atomic E-state index is 12.1. The van der Waals surface area contributed by atoms with Crippen molar-refractivity contribution >= 4 is 5.91 Å². The number of amides is 1. The molecule has 0 N–H and O–H groups in total. The van der Waals surface area contributed by atoms with Crippen molar-refractivity contribution in [2.24, 2.45) is 0 Å². The lowest BCUT2D eigenvalue weighted by Gasteiger charge is -2.18. The Kier molecular flexibility index (Phi) is 4.14. The molecule has 1 amide bonds. The lowest BCUT2D eigenvalue weighted by atomic mass is 10.2. The highest BCUT2D eigenvalue weighted by atomic mass is 16.5. The third kappa shape index (κ3) is 3.06. The van der Waals surface area contributed by atoms with Crippen LogP contribution in [-0.4, -0.2) is 36.2 Å². The SMILES string of the molecule is COCc1cc(C(=O)N2CCCCCC2)no1. The first-order valence-corrected chi connectivity index (χ1v) is 6.05. The van der Waals surface area contributed by atoms with Gasteiger partial charge in [-0.3, -0.25) is 4.79 Å². The van der Waals surface area contributed by atoms with Gasteiger partial charge in [-0.1, -0.05) is 18.0 Å². The molecule has 1 aliphatic rings. The fourth-order valence-electron chi connectivity index (χ4n) is 2.06. The van der Waals surface area contributed by atoms with E-state index in [1.807, 2.05) is 4.90 Å². The number of aromatic nitrogens is 1. The molecule has 1 fully saturated rings. The lowest BCUT2D eigenvalue weighted by Crippen LogP contribution is -2.32. The Balaban J connectivity index is 2.01. The Bertz CT molecular complexity index is 368. The average Bonchev–Trinajstić information content (AvgIpc) is 2.64. The largest absolute Gasteiger partial charge is 0.377 e. The summed E-state index contributed by atoms with van der Waals surface area (Å²) < 4.78 is 9.95. The van der Waals surface area contributed by atoms with Gasteiger partial charge >= 0.3 is 0 Å². The van der Waals surface area contributed by atoms with E-state index >= 15 is 0 Å². The van der Waals surface area contributed by atoms with Gasteiger partial charge in [0.2, 0.25) is 0 Å². The predicted molar refractivity (Wildman–Crippen MR) is 61.6 cm³/mol. The summed E-state index contributed by atoms with van der Waals surface area (Å²) in [5.41, 5.74) is 0.388. The number of nitrogens with zero attached hydrogens (tertiary/aromatic N) is 2. The smallest absolute Gasteiger partial charge is 0.276 e. The van der Waals surface area contributed by atoms with Crippen LogP contribution in [0.15, 0.2) is 10.6 Å². The van der Waals surface area contributed by atoms with Crippen LogP contribution in [0.4, 0.5) is 0 Å². The number of ether oxygens (including phenoxy) is 1. The van der Waals surface area contributed by atoms with E-state index in [-0.39, 0.29) is 5.91 Å². The highest BCUT2D eigenvalue weighted by molar-refractivity contribution is 5.92. The second-order valence-corrected chi connectivity index (χ2v) is 4.32. The highest BCUT2D eigenvalue weighted by Gasteiger charge is 2.20. The number of hydrogen-bond acceptors (Lipinski definition) is 4. The van der Waals surface area contributed by atoms with Gasteiger partial charge in [0.25, 0.3) is 5.91 Å². The maximum Gasteiger partial charge on any atom is 0.276 e. The first-order valence-electron chi connectivity index (χ1n) is 6.05. The monoisotopic (exact) mass is 238 g/mol. The van der Waals surface area contributed by atoms with E-state index in [1.165, 1.54) is 12.8 Å². The molecule has 2 rings (SSSR count). The van der Waals surface area contributed by atoms with E-state index in [2.05, 4.69) is 5.16 Å². The number of methoxy groups -OCH3 is 1. The molecule has 0 aliphatic carbocycles. The quantitative estimate of drug-likeness (QED) is 0.806. The standard InChI is InChI=1S/C12H18N2O3/c1-16-9-10-8-11(13-17-10)12(15)14-6-4-2-3-5-7-14/h8H,2-7,9H2,1H3. The van der Waals surface area contributed by atoms with E-state index in [1.54, 1.807) is 13.2 Å². The van der Waals surface area contributed by atoms with Gasteiger partial charge in [-0.2, -0.15) is 0 Å². The van der Waals surface area contributed by atoms with Gasteiger partial charge < -0.3 is 14.2 Å². The van der Waals surface area contributed by atoms with Gasteiger partial charge in [0, 0.05) is 26.3 Å². The second-order valence-electron chi connectivity index (χ2n) is 4.32. The van der Waals surface area contributed by atoms with Crippen molar-refractivity contribution in [3.8, 4) is 0 Å². The molecule has 1 aromatic heterocycles. The Morgan fingerprint density at radius 1 is 1.41 bits per heavy atom. The third-order valence-electron chi connectivity index (χ3n) is 2.96. The number of hydrogen-bond donors (Lipinski definition) is 0. The molecule has 0 aromatic carbocycles. The molecule has 1 aromatic rings. The molecular formula is C12H18N2O3. The van der Waals surface area contributed by atoms with Crippen LogP contribution in [0.5, 0.6) is 0 Å². The minimum absolute atomic E-state index is 0.0296. The predicted octanol–water partition coefficient (Wildman–Crippen LogP) is 1.84. The molecule has 2 heterocycles. The summed E-state index contributed by atoms with van der Waals surface area (Å²) in [7, 11) is 1.58. The molecule has 0 unspecified atom stereocenters. The van der Waals surface area contributed by atoms with Crippen molar-refractivity contribution < 1.29 is 14.1 Å². The Morgan fingerprint density at radius 3 is 2.76 bits per heavy atom. The van der Waals surface area contributed by atoms with Crippen molar-refractivity contribution in [2.75, 3.05) is 20.2 Å². The fourth-order valence-corrected chi connectivity index (χ4v) is 2.06. The average molecular weight is 238 g/mol. The zero-order chi connectivity index (χ0) is 12.1. The summed E-state index contributed by atoms with van der Waals surface area (Å²) in [5, 5.41) is 3.79. The van der Waals surface area contributed by atoms with E-state index in [0.29, 0.717) is 18.1 Å². The summed E-state index contributed by atoms with van der Waals surface area (Å²) in [5.74, 6) is 0.559. The Labute approximate surface area is 101 Å². The van der Waals surface area contributed by atoms with Crippen molar-refractivity contribution in [3.05, 3.63) is 17.5 Å². The molecule has 1 aliphatic heterocycles. The molecule has 94 valence electrons. The summed E-state index contributed by atoms with van der Waals surface area (Å²) in [4.78, 5) is 14.0. The number of carbonyl (C=O) groups is 1. The molecular weight excluding hydrogens is 220 g/mol. The zero-order valence-electron chi connectivity index (χ0n) is 10.1. The van der Waals surface area contributed by atoms with Crippen LogP contribution in [0.1, 0.15) is 41.9 Å². The topological polar surface area (TPSA) is 55.6 Å². The van der Waals surface area contributed by atoms with Gasteiger partial charge in [-0.25, -0.2) is 0 Å². The van der Waals surface area contributed by atoms with Gasteiger partial charge in [-0.15, -0.1) is 0 Å². The fraction of sp³-hybridized carbons (Fsp3) is 0.667. The maximum atomic E-state index is 12.1. The minimum Gasteiger partial charge on any atom is -0.377 e. The van der Waals surface area contributed by atoms with Crippen molar-refractivity contribution in [1.82, 2.24) is 10.1 Å². The Morgan fingerprint density at radius 2 is 2.12 bits per heavy atom. The molecule has 5 nitrogen and oxygen atoms in total. The van der Waals surface area contributed by atoms with E-state index in [0.717, 1.165) is 25.9 Å². The minimum atomic E-state index is -0.0296. The molecule has 0 bridgehead atoms. The summed E-state index contributed by atoms with van der Waals surface area (Å²) in [6.07, 6.45) is 4.57. The molecule has 0 atom stereocenters. The van der Waals surface area contributed by atoms with Crippen molar-refractivity contribution in [2.45, 2.75) is 32.3 Å². The first-order chi connectivity index (χ1) is 8.31. The normalized spacial score (nSPS) is 16.9. The second kappa shape index (κ2) is 5.82.